The first-order valence-electron chi connectivity index (χ1n) is 15.4. The summed E-state index contributed by atoms with van der Waals surface area (Å²) in [5.74, 6) is -2.44. The first-order chi connectivity index (χ1) is 19.1. The molecule has 3 rings (SSSR count). The van der Waals surface area contributed by atoms with Crippen molar-refractivity contribution in [2.45, 2.75) is 116 Å². The Hall–Kier alpha value is -2.19. The number of rotatable bonds is 15. The second-order valence-electron chi connectivity index (χ2n) is 14.4. The lowest BCUT2D eigenvalue weighted by atomic mass is 9.62. The van der Waals surface area contributed by atoms with Gasteiger partial charge in [-0.2, -0.15) is 0 Å². The molecule has 0 saturated carbocycles. The Balaban J connectivity index is 2.04. The molecule has 0 aromatic carbocycles. The summed E-state index contributed by atoms with van der Waals surface area (Å²) in [6.07, 6.45) is 8.33. The third-order valence-electron chi connectivity index (χ3n) is 9.43. The lowest BCUT2D eigenvalue weighted by Gasteiger charge is -2.45. The molecule has 41 heavy (non-hydrogen) atoms. The number of unbranched alkanes of at least 4 members (excludes halogenated alkanes) is 3. The van der Waals surface area contributed by atoms with Crippen molar-refractivity contribution in [2.75, 3.05) is 26.3 Å². The van der Waals surface area contributed by atoms with Gasteiger partial charge in [-0.3, -0.25) is 14.4 Å². The molecule has 8 heteroatoms. The molecular formula is C33H54N2O6. The summed E-state index contributed by atoms with van der Waals surface area (Å²) in [5, 5.41) is 9.46. The van der Waals surface area contributed by atoms with Gasteiger partial charge in [-0.25, -0.2) is 0 Å². The van der Waals surface area contributed by atoms with Gasteiger partial charge in [0.2, 0.25) is 11.8 Å². The van der Waals surface area contributed by atoms with Gasteiger partial charge in [0.25, 0.3) is 0 Å². The minimum Gasteiger partial charge on any atom is -0.465 e. The number of carbonyl (C=O) groups excluding carboxylic acids is 3. The lowest BCUT2D eigenvalue weighted by molar-refractivity contribution is -0.163. The average molecular weight is 575 g/mol. The molecule has 2 amide bonds. The fourth-order valence-corrected chi connectivity index (χ4v) is 7.97. The maximum absolute atomic E-state index is 14.8. The highest BCUT2D eigenvalue weighted by Gasteiger charge is 2.80. The van der Waals surface area contributed by atoms with Gasteiger partial charge in [0.1, 0.15) is 17.6 Å². The smallest absolute Gasteiger partial charge is 0.312 e. The normalized spacial score (nSPS) is 30.8. The molecule has 6 atom stereocenters. The Morgan fingerprint density at radius 3 is 2.41 bits per heavy atom. The SMILES string of the molecule is C=CCCCCOC(=O)[C@H]1[C@H]2C(=O)N(CCCCO)C(C(=O)N(CC=C)C(C)(C)CC(C)(C)C)C23CC(C)[C@]1(C)O3. The predicted molar refractivity (Wildman–Crippen MR) is 160 cm³/mol. The quantitative estimate of drug-likeness (QED) is 0.170. The lowest BCUT2D eigenvalue weighted by Crippen LogP contribution is -2.61. The van der Waals surface area contributed by atoms with E-state index in [1.54, 1.807) is 11.0 Å². The van der Waals surface area contributed by atoms with Crippen LogP contribution in [0.5, 0.6) is 0 Å². The molecule has 2 bridgehead atoms. The fraction of sp³-hybridized carbons (Fsp3) is 0.788. The molecule has 0 aromatic heterocycles. The van der Waals surface area contributed by atoms with Crippen molar-refractivity contribution >= 4 is 17.8 Å². The Morgan fingerprint density at radius 1 is 1.15 bits per heavy atom. The number of amides is 2. The van der Waals surface area contributed by atoms with Crippen molar-refractivity contribution < 1.29 is 29.0 Å². The zero-order chi connectivity index (χ0) is 30.8. The van der Waals surface area contributed by atoms with Crippen molar-refractivity contribution in [2.24, 2.45) is 23.2 Å². The summed E-state index contributed by atoms with van der Waals surface area (Å²) in [5.41, 5.74) is -2.58. The van der Waals surface area contributed by atoms with Gasteiger partial charge in [0.15, 0.2) is 0 Å². The zero-order valence-electron chi connectivity index (χ0n) is 26.5. The number of fused-ring (bicyclic) bond motifs is 1. The third kappa shape index (κ3) is 6.29. The number of carbonyl (C=O) groups is 3. The van der Waals surface area contributed by atoms with Crippen LogP contribution in [-0.4, -0.2) is 81.8 Å². The van der Waals surface area contributed by atoms with E-state index in [1.807, 2.05) is 24.8 Å². The van der Waals surface area contributed by atoms with E-state index >= 15 is 0 Å². The monoisotopic (exact) mass is 574 g/mol. The molecule has 3 saturated heterocycles. The molecule has 0 radical (unpaired) electrons. The number of aliphatic hydroxyl groups excluding tert-OH is 1. The summed E-state index contributed by atoms with van der Waals surface area (Å²) in [6, 6.07) is -0.868. The summed E-state index contributed by atoms with van der Waals surface area (Å²) in [7, 11) is 0. The summed E-state index contributed by atoms with van der Waals surface area (Å²) in [6.45, 7) is 23.1. The zero-order valence-corrected chi connectivity index (χ0v) is 26.5. The van der Waals surface area contributed by atoms with E-state index in [4.69, 9.17) is 9.47 Å². The molecule has 1 spiro atoms. The van der Waals surface area contributed by atoms with Crippen LogP contribution in [-0.2, 0) is 23.9 Å². The van der Waals surface area contributed by atoms with Gasteiger partial charge in [-0.1, -0.05) is 39.8 Å². The van der Waals surface area contributed by atoms with Crippen LogP contribution in [0.15, 0.2) is 25.3 Å². The van der Waals surface area contributed by atoms with Gasteiger partial charge in [-0.15, -0.1) is 13.2 Å². The van der Waals surface area contributed by atoms with Crippen LogP contribution in [0.4, 0.5) is 0 Å². The molecular weight excluding hydrogens is 520 g/mol. The average Bonchev–Trinajstić information content (AvgIpc) is 3.37. The highest BCUT2D eigenvalue weighted by Crippen LogP contribution is 2.65. The predicted octanol–water partition coefficient (Wildman–Crippen LogP) is 4.90. The first-order valence-corrected chi connectivity index (χ1v) is 15.4. The number of nitrogens with zero attached hydrogens (tertiary/aromatic N) is 2. The largest absolute Gasteiger partial charge is 0.465 e. The van der Waals surface area contributed by atoms with E-state index in [1.165, 1.54) is 0 Å². The molecule has 232 valence electrons. The van der Waals surface area contributed by atoms with Crippen molar-refractivity contribution in [3.05, 3.63) is 25.3 Å². The molecule has 8 nitrogen and oxygen atoms in total. The second-order valence-corrected chi connectivity index (χ2v) is 14.4. The molecule has 0 aromatic rings. The number of hydrogen-bond acceptors (Lipinski definition) is 6. The van der Waals surface area contributed by atoms with Crippen LogP contribution in [0, 0.1) is 23.2 Å². The summed E-state index contributed by atoms with van der Waals surface area (Å²) in [4.78, 5) is 46.2. The Bertz CT molecular complexity index is 1000. The fourth-order valence-electron chi connectivity index (χ4n) is 7.97. The Labute approximate surface area is 247 Å². The van der Waals surface area contributed by atoms with Gasteiger partial charge in [-0.05, 0) is 77.0 Å². The third-order valence-corrected chi connectivity index (χ3v) is 9.43. The highest BCUT2D eigenvalue weighted by molar-refractivity contribution is 5.98. The van der Waals surface area contributed by atoms with E-state index < -0.39 is 40.6 Å². The van der Waals surface area contributed by atoms with Gasteiger partial charge in [0.05, 0.1) is 18.1 Å². The Kier molecular flexibility index (Phi) is 10.2. The first kappa shape index (κ1) is 33.3. The van der Waals surface area contributed by atoms with E-state index in [9.17, 15) is 19.5 Å². The molecule has 1 N–H and O–H groups in total. The molecule has 3 unspecified atom stereocenters. The van der Waals surface area contributed by atoms with E-state index in [0.29, 0.717) is 32.4 Å². The van der Waals surface area contributed by atoms with Gasteiger partial charge >= 0.3 is 5.97 Å². The maximum Gasteiger partial charge on any atom is 0.312 e. The van der Waals surface area contributed by atoms with Crippen LogP contribution in [0.3, 0.4) is 0 Å². The van der Waals surface area contributed by atoms with E-state index in [0.717, 1.165) is 25.7 Å². The maximum atomic E-state index is 14.8. The molecule has 3 heterocycles. The van der Waals surface area contributed by atoms with Crippen molar-refractivity contribution in [3.8, 4) is 0 Å². The van der Waals surface area contributed by atoms with E-state index in [2.05, 4.69) is 47.8 Å². The summed E-state index contributed by atoms with van der Waals surface area (Å²) >= 11 is 0. The highest BCUT2D eigenvalue weighted by atomic mass is 16.6. The number of ether oxygens (including phenoxy) is 2. The van der Waals surface area contributed by atoms with Crippen LogP contribution in [0.2, 0.25) is 0 Å². The molecule has 0 aliphatic carbocycles. The topological polar surface area (TPSA) is 96.4 Å². The van der Waals surface area contributed by atoms with Gasteiger partial charge < -0.3 is 24.4 Å². The van der Waals surface area contributed by atoms with Crippen molar-refractivity contribution in [3.63, 3.8) is 0 Å². The van der Waals surface area contributed by atoms with Crippen LogP contribution < -0.4 is 0 Å². The van der Waals surface area contributed by atoms with E-state index in [-0.39, 0.29) is 36.4 Å². The van der Waals surface area contributed by atoms with Crippen LogP contribution >= 0.6 is 0 Å². The number of likely N-dealkylation sites (tertiary alicyclic amines) is 1. The number of esters is 1. The number of allylic oxidation sites excluding steroid dienone is 1. The number of hydrogen-bond donors (Lipinski definition) is 1. The molecule has 3 fully saturated rings. The second kappa shape index (κ2) is 12.6. The minimum absolute atomic E-state index is 0.00281. The van der Waals surface area contributed by atoms with Crippen molar-refractivity contribution in [1.29, 1.82) is 0 Å². The number of aliphatic hydroxyl groups is 1. The van der Waals surface area contributed by atoms with Gasteiger partial charge in [0, 0.05) is 25.2 Å². The minimum atomic E-state index is -1.12. The summed E-state index contributed by atoms with van der Waals surface area (Å²) < 4.78 is 12.6. The van der Waals surface area contributed by atoms with Crippen LogP contribution in [0.25, 0.3) is 0 Å². The van der Waals surface area contributed by atoms with Crippen LogP contribution in [0.1, 0.15) is 93.4 Å². The Morgan fingerprint density at radius 2 is 1.83 bits per heavy atom. The standard InChI is InChI=1S/C33H54N2O6/c1-10-12-13-16-20-40-29(39)25-24-27(37)34(18-14-15-19-36)26(33(24)21-23(3)32(25,9)41-33)28(38)35(17-11-2)31(7,8)22-30(4,5)6/h10-11,23-26,36H,1-2,12-22H2,3-9H3/t23?,24-,25+,26?,32-,33?/m0/s1. The molecule has 3 aliphatic rings. The molecule has 3 aliphatic heterocycles. The van der Waals surface area contributed by atoms with Crippen molar-refractivity contribution in [1.82, 2.24) is 9.80 Å².